The minimum Gasteiger partial charge on any atom is -0.302 e. The van der Waals surface area contributed by atoms with E-state index in [1.165, 1.54) is 11.9 Å². The molecule has 0 saturated carbocycles. The fourth-order valence-corrected chi connectivity index (χ4v) is 3.24. The van der Waals surface area contributed by atoms with Crippen LogP contribution in [0.5, 0.6) is 0 Å². The van der Waals surface area contributed by atoms with Gasteiger partial charge in [0.25, 0.3) is 0 Å². The zero-order chi connectivity index (χ0) is 11.8. The minimum atomic E-state index is -2.79. The van der Waals surface area contributed by atoms with E-state index in [1.54, 1.807) is 25.1 Å². The van der Waals surface area contributed by atoms with Gasteiger partial charge in [0, 0.05) is 10.8 Å². The molecule has 0 radical (unpaired) electrons. The maximum absolute atomic E-state index is 11.8. The van der Waals surface area contributed by atoms with Crippen molar-refractivity contribution < 1.29 is 4.21 Å². The van der Waals surface area contributed by atoms with Crippen molar-refractivity contribution in [3.8, 4) is 0 Å². The first-order valence-electron chi connectivity index (χ1n) is 4.60. The maximum Gasteiger partial charge on any atom is 0.211 e. The van der Waals surface area contributed by atoms with E-state index >= 15 is 0 Å². The number of aliphatic imine (C=N–C) groups is 1. The van der Waals surface area contributed by atoms with E-state index in [4.69, 9.17) is 16.4 Å². The van der Waals surface area contributed by atoms with E-state index in [0.717, 1.165) is 4.90 Å². The number of benzene rings is 1. The molecule has 0 aromatic heterocycles. The summed E-state index contributed by atoms with van der Waals surface area (Å²) in [7, 11) is -2.79. The van der Waals surface area contributed by atoms with Gasteiger partial charge >= 0.3 is 0 Å². The zero-order valence-electron chi connectivity index (χ0n) is 8.49. The van der Waals surface area contributed by atoms with E-state index in [9.17, 15) is 4.21 Å². The van der Waals surface area contributed by atoms with Gasteiger partial charge in [-0.2, -0.15) is 0 Å². The standard InChI is InChI=1S/C9H10ClN3OS2/c1-2-16(11,14)9-12-7-4-3-6(10)5-8(7)15-13-9/h3-5,11H,2H2,1H3,(H,12,13). The SMILES string of the molecule is CCS(=N)(=O)C1=Nc2ccc(Cl)cc2SN1. The highest BCUT2D eigenvalue weighted by Crippen LogP contribution is 2.34. The van der Waals surface area contributed by atoms with Crippen molar-refractivity contribution in [1.82, 2.24) is 4.72 Å². The number of rotatable bonds is 1. The minimum absolute atomic E-state index is 0.231. The van der Waals surface area contributed by atoms with Gasteiger partial charge in [-0.05, 0) is 30.1 Å². The summed E-state index contributed by atoms with van der Waals surface area (Å²) in [6.07, 6.45) is 0. The molecule has 2 rings (SSSR count). The fourth-order valence-electron chi connectivity index (χ4n) is 1.17. The number of halogens is 1. The lowest BCUT2D eigenvalue weighted by Crippen LogP contribution is -2.28. The van der Waals surface area contributed by atoms with Gasteiger partial charge in [-0.1, -0.05) is 18.5 Å². The normalized spacial score (nSPS) is 18.0. The average molecular weight is 276 g/mol. The van der Waals surface area contributed by atoms with E-state index < -0.39 is 9.73 Å². The molecule has 1 aliphatic rings. The lowest BCUT2D eigenvalue weighted by molar-refractivity contribution is 0.682. The average Bonchev–Trinajstić information content (AvgIpc) is 2.28. The summed E-state index contributed by atoms with van der Waals surface area (Å²) in [6, 6.07) is 5.27. The highest BCUT2D eigenvalue weighted by molar-refractivity contribution is 8.09. The predicted octanol–water partition coefficient (Wildman–Crippen LogP) is 3.00. The second kappa shape index (κ2) is 4.27. The van der Waals surface area contributed by atoms with Gasteiger partial charge in [0.15, 0.2) is 0 Å². The van der Waals surface area contributed by atoms with Crippen molar-refractivity contribution in [1.29, 1.82) is 4.78 Å². The Bertz CT molecular complexity index is 554. The van der Waals surface area contributed by atoms with Gasteiger partial charge in [0.1, 0.15) is 9.73 Å². The molecule has 7 heteroatoms. The molecule has 1 aromatic rings. The van der Waals surface area contributed by atoms with Crippen LogP contribution in [0.25, 0.3) is 0 Å². The largest absolute Gasteiger partial charge is 0.302 e. The molecular weight excluding hydrogens is 266 g/mol. The first-order chi connectivity index (χ1) is 7.53. The maximum atomic E-state index is 11.8. The molecule has 0 fully saturated rings. The second-order valence-electron chi connectivity index (χ2n) is 3.20. The van der Waals surface area contributed by atoms with Crippen LogP contribution in [0.15, 0.2) is 28.1 Å². The second-order valence-corrected chi connectivity index (χ2v) is 6.80. The molecule has 0 aliphatic carbocycles. The molecule has 1 heterocycles. The van der Waals surface area contributed by atoms with E-state index in [-0.39, 0.29) is 10.9 Å². The third-order valence-electron chi connectivity index (χ3n) is 2.11. The molecule has 86 valence electrons. The van der Waals surface area contributed by atoms with Crippen molar-refractivity contribution in [2.24, 2.45) is 4.99 Å². The highest BCUT2D eigenvalue weighted by atomic mass is 35.5. The zero-order valence-corrected chi connectivity index (χ0v) is 10.9. The summed E-state index contributed by atoms with van der Waals surface area (Å²) in [4.78, 5) is 5.07. The van der Waals surface area contributed by atoms with Crippen LogP contribution in [0.3, 0.4) is 0 Å². The third kappa shape index (κ3) is 2.18. The molecule has 0 bridgehead atoms. The molecule has 1 atom stereocenters. The molecule has 2 N–H and O–H groups in total. The van der Waals surface area contributed by atoms with Gasteiger partial charge in [-0.3, -0.25) is 0 Å². The third-order valence-corrected chi connectivity index (χ3v) is 4.95. The Morgan fingerprint density at radius 3 is 3.06 bits per heavy atom. The van der Waals surface area contributed by atoms with Crippen LogP contribution < -0.4 is 4.72 Å². The first-order valence-corrected chi connectivity index (χ1v) is 7.52. The van der Waals surface area contributed by atoms with Crippen LogP contribution in [0.1, 0.15) is 6.92 Å². The smallest absolute Gasteiger partial charge is 0.211 e. The fraction of sp³-hybridized carbons (Fsp3) is 0.222. The molecule has 1 aromatic carbocycles. The van der Waals surface area contributed by atoms with Gasteiger partial charge in [-0.25, -0.2) is 14.0 Å². The molecule has 16 heavy (non-hydrogen) atoms. The predicted molar refractivity (Wildman–Crippen MR) is 68.9 cm³/mol. The van der Waals surface area contributed by atoms with E-state index in [1.807, 2.05) is 0 Å². The summed E-state index contributed by atoms with van der Waals surface area (Å²) < 4.78 is 22.3. The lowest BCUT2D eigenvalue weighted by atomic mass is 10.3. The Morgan fingerprint density at radius 1 is 1.62 bits per heavy atom. The first kappa shape index (κ1) is 11.8. The Morgan fingerprint density at radius 2 is 2.38 bits per heavy atom. The molecular formula is C9H10ClN3OS2. The molecule has 1 unspecified atom stereocenters. The van der Waals surface area contributed by atoms with Gasteiger partial charge in [0.05, 0.1) is 10.6 Å². The van der Waals surface area contributed by atoms with Gasteiger partial charge in [-0.15, -0.1) is 0 Å². The Kier molecular flexibility index (Phi) is 3.14. The molecule has 0 spiro atoms. The summed E-state index contributed by atoms with van der Waals surface area (Å²) >= 11 is 7.14. The number of amidine groups is 1. The Labute approximate surface area is 104 Å². The van der Waals surface area contributed by atoms with Gasteiger partial charge in [0.2, 0.25) is 5.17 Å². The van der Waals surface area contributed by atoms with Crippen LogP contribution in [-0.4, -0.2) is 15.1 Å². The van der Waals surface area contributed by atoms with Crippen LogP contribution in [-0.2, 0) is 9.73 Å². The number of hydrogen-bond donors (Lipinski definition) is 2. The van der Waals surface area contributed by atoms with Crippen LogP contribution in [0.2, 0.25) is 5.02 Å². The van der Waals surface area contributed by atoms with Crippen LogP contribution >= 0.6 is 23.5 Å². The molecule has 0 amide bonds. The van der Waals surface area contributed by atoms with Crippen molar-refractivity contribution in [3.05, 3.63) is 23.2 Å². The van der Waals surface area contributed by atoms with E-state index in [0.29, 0.717) is 10.7 Å². The summed E-state index contributed by atoms with van der Waals surface area (Å²) in [5, 5.41) is 0.864. The summed E-state index contributed by atoms with van der Waals surface area (Å²) in [6.45, 7) is 1.71. The molecule has 4 nitrogen and oxygen atoms in total. The van der Waals surface area contributed by atoms with Crippen molar-refractivity contribution in [3.63, 3.8) is 0 Å². The van der Waals surface area contributed by atoms with Crippen molar-refractivity contribution in [2.75, 3.05) is 5.75 Å². The Balaban J connectivity index is 2.47. The number of fused-ring (bicyclic) bond motifs is 1. The van der Waals surface area contributed by atoms with Crippen LogP contribution in [0, 0.1) is 4.78 Å². The monoisotopic (exact) mass is 275 g/mol. The number of nitrogens with one attached hydrogen (secondary N) is 2. The highest BCUT2D eigenvalue weighted by Gasteiger charge is 2.19. The summed E-state index contributed by atoms with van der Waals surface area (Å²) in [5.74, 6) is 0.252. The molecule has 1 aliphatic heterocycles. The van der Waals surface area contributed by atoms with E-state index in [2.05, 4.69) is 9.71 Å². The number of nitrogens with zero attached hydrogens (tertiary/aromatic N) is 1. The van der Waals surface area contributed by atoms with Crippen molar-refractivity contribution in [2.45, 2.75) is 11.8 Å². The quantitative estimate of drug-likeness (QED) is 0.775. The summed E-state index contributed by atoms with van der Waals surface area (Å²) in [5.41, 5.74) is 0.705. The van der Waals surface area contributed by atoms with Gasteiger partial charge < -0.3 is 4.72 Å². The Hall–Kier alpha value is -0.720. The van der Waals surface area contributed by atoms with Crippen LogP contribution in [0.4, 0.5) is 5.69 Å². The lowest BCUT2D eigenvalue weighted by Gasteiger charge is -2.17. The topological polar surface area (TPSA) is 65.3 Å². The number of hydrogen-bond acceptors (Lipinski definition) is 5. The van der Waals surface area contributed by atoms with Crippen molar-refractivity contribution >= 4 is 44.1 Å². The molecule has 0 saturated heterocycles.